The SMILES string of the molecule is COc1ccc(OC)c([C@@H]2CCCN2C(=O)CSc2ccc3ccccc3n2)c1. The lowest BCUT2D eigenvalue weighted by Gasteiger charge is -2.26. The molecule has 0 radical (unpaired) electrons. The molecular formula is C23H24N2O3S. The maximum Gasteiger partial charge on any atom is 0.233 e. The van der Waals surface area contributed by atoms with Gasteiger partial charge < -0.3 is 14.4 Å². The average Bonchev–Trinajstić information content (AvgIpc) is 3.26. The molecule has 1 aliphatic rings. The Morgan fingerprint density at radius 2 is 2.00 bits per heavy atom. The van der Waals surface area contributed by atoms with Gasteiger partial charge in [0.05, 0.1) is 36.6 Å². The number of methoxy groups -OCH3 is 2. The van der Waals surface area contributed by atoms with Crippen LogP contribution in [0.15, 0.2) is 59.6 Å². The minimum Gasteiger partial charge on any atom is -0.497 e. The van der Waals surface area contributed by atoms with E-state index in [1.54, 1.807) is 14.2 Å². The van der Waals surface area contributed by atoms with Crippen LogP contribution in [0.3, 0.4) is 0 Å². The molecule has 1 amide bonds. The largest absolute Gasteiger partial charge is 0.497 e. The van der Waals surface area contributed by atoms with Crippen LogP contribution < -0.4 is 9.47 Å². The van der Waals surface area contributed by atoms with Crippen molar-refractivity contribution in [1.82, 2.24) is 9.88 Å². The Morgan fingerprint density at radius 1 is 1.14 bits per heavy atom. The Hall–Kier alpha value is -2.73. The minimum atomic E-state index is 0.0118. The number of rotatable bonds is 6. The monoisotopic (exact) mass is 408 g/mol. The molecule has 1 aliphatic heterocycles. The summed E-state index contributed by atoms with van der Waals surface area (Å²) in [6.45, 7) is 0.759. The van der Waals surface area contributed by atoms with Crippen molar-refractivity contribution in [3.05, 3.63) is 60.2 Å². The second-order valence-electron chi connectivity index (χ2n) is 6.98. The third kappa shape index (κ3) is 4.17. The average molecular weight is 409 g/mol. The van der Waals surface area contributed by atoms with Gasteiger partial charge in [-0.2, -0.15) is 0 Å². The molecule has 0 bridgehead atoms. The number of nitrogens with zero attached hydrogens (tertiary/aromatic N) is 2. The van der Waals surface area contributed by atoms with Crippen molar-refractivity contribution in [3.8, 4) is 11.5 Å². The van der Waals surface area contributed by atoms with Gasteiger partial charge in [-0.1, -0.05) is 36.0 Å². The number of amides is 1. The number of thioether (sulfide) groups is 1. The van der Waals surface area contributed by atoms with Gasteiger partial charge in [-0.15, -0.1) is 0 Å². The summed E-state index contributed by atoms with van der Waals surface area (Å²) in [5.41, 5.74) is 1.96. The van der Waals surface area contributed by atoms with Gasteiger partial charge in [-0.05, 0) is 43.2 Å². The first kappa shape index (κ1) is 19.6. The highest BCUT2D eigenvalue weighted by molar-refractivity contribution is 7.99. The van der Waals surface area contributed by atoms with Gasteiger partial charge in [-0.25, -0.2) is 4.98 Å². The summed E-state index contributed by atoms with van der Waals surface area (Å²) >= 11 is 1.49. The molecule has 0 saturated carbocycles. The Bertz CT molecular complexity index is 1020. The number of aromatic nitrogens is 1. The zero-order valence-corrected chi connectivity index (χ0v) is 17.4. The third-order valence-electron chi connectivity index (χ3n) is 5.29. The summed E-state index contributed by atoms with van der Waals surface area (Å²) in [6.07, 6.45) is 1.91. The lowest BCUT2D eigenvalue weighted by atomic mass is 10.0. The molecule has 0 unspecified atom stereocenters. The van der Waals surface area contributed by atoms with Crippen molar-refractivity contribution in [2.45, 2.75) is 23.9 Å². The molecule has 1 atom stereocenters. The molecule has 6 heteroatoms. The van der Waals surface area contributed by atoms with Crippen LogP contribution in [0.2, 0.25) is 0 Å². The van der Waals surface area contributed by atoms with Gasteiger partial charge in [0, 0.05) is 17.5 Å². The van der Waals surface area contributed by atoms with Crippen LogP contribution in [0.1, 0.15) is 24.4 Å². The molecule has 0 spiro atoms. The fourth-order valence-electron chi connectivity index (χ4n) is 3.83. The number of benzene rings is 2. The lowest BCUT2D eigenvalue weighted by Crippen LogP contribution is -2.32. The Labute approximate surface area is 175 Å². The number of para-hydroxylation sites is 1. The topological polar surface area (TPSA) is 51.7 Å². The van der Waals surface area contributed by atoms with Crippen molar-refractivity contribution >= 4 is 28.6 Å². The number of pyridine rings is 1. The van der Waals surface area contributed by atoms with Crippen LogP contribution >= 0.6 is 11.8 Å². The summed E-state index contributed by atoms with van der Waals surface area (Å²) in [5, 5.41) is 1.97. The molecule has 29 heavy (non-hydrogen) atoms. The van der Waals surface area contributed by atoms with E-state index in [1.165, 1.54) is 11.8 Å². The maximum absolute atomic E-state index is 13.0. The first-order chi connectivity index (χ1) is 14.2. The molecule has 2 aromatic carbocycles. The zero-order valence-electron chi connectivity index (χ0n) is 16.6. The van der Waals surface area contributed by atoms with Crippen LogP contribution in [-0.2, 0) is 4.79 Å². The molecular weight excluding hydrogens is 384 g/mol. The Kier molecular flexibility index (Phi) is 5.90. The molecule has 1 saturated heterocycles. The van der Waals surface area contributed by atoms with Crippen molar-refractivity contribution in [1.29, 1.82) is 0 Å². The maximum atomic E-state index is 13.0. The van der Waals surface area contributed by atoms with Gasteiger partial charge in [0.15, 0.2) is 0 Å². The normalized spacial score (nSPS) is 16.2. The predicted octanol–water partition coefficient (Wildman–Crippen LogP) is 4.71. The molecule has 1 fully saturated rings. The molecule has 1 aromatic heterocycles. The van der Waals surface area contributed by atoms with Crippen molar-refractivity contribution in [3.63, 3.8) is 0 Å². The Balaban J connectivity index is 1.49. The van der Waals surface area contributed by atoms with Crippen molar-refractivity contribution in [2.24, 2.45) is 0 Å². The van der Waals surface area contributed by atoms with Crippen LogP contribution in [0.25, 0.3) is 10.9 Å². The number of hydrogen-bond donors (Lipinski definition) is 0. The molecule has 4 rings (SSSR count). The van der Waals surface area contributed by atoms with Gasteiger partial charge in [0.2, 0.25) is 5.91 Å². The molecule has 3 aromatic rings. The van der Waals surface area contributed by atoms with E-state index in [0.29, 0.717) is 5.75 Å². The second-order valence-corrected chi connectivity index (χ2v) is 7.98. The first-order valence-corrected chi connectivity index (χ1v) is 10.7. The number of fused-ring (bicyclic) bond motifs is 1. The number of carbonyl (C=O) groups is 1. The van der Waals surface area contributed by atoms with Gasteiger partial charge in [0.25, 0.3) is 0 Å². The van der Waals surface area contributed by atoms with Crippen molar-refractivity contribution in [2.75, 3.05) is 26.5 Å². The van der Waals surface area contributed by atoms with Crippen LogP contribution in [-0.4, -0.2) is 42.3 Å². The first-order valence-electron chi connectivity index (χ1n) is 9.69. The second kappa shape index (κ2) is 8.74. The fourth-order valence-corrected chi connectivity index (χ4v) is 4.60. The van der Waals surface area contributed by atoms with Gasteiger partial charge >= 0.3 is 0 Å². The van der Waals surface area contributed by atoms with E-state index in [4.69, 9.17) is 9.47 Å². The van der Waals surface area contributed by atoms with E-state index >= 15 is 0 Å². The van der Waals surface area contributed by atoms with Crippen LogP contribution in [0.5, 0.6) is 11.5 Å². The highest BCUT2D eigenvalue weighted by Crippen LogP contribution is 2.39. The summed E-state index contributed by atoms with van der Waals surface area (Å²) in [7, 11) is 3.31. The van der Waals surface area contributed by atoms with Gasteiger partial charge in [-0.3, -0.25) is 4.79 Å². The van der Waals surface area contributed by atoms with E-state index in [2.05, 4.69) is 11.1 Å². The molecule has 150 valence electrons. The van der Waals surface area contributed by atoms with E-state index in [1.807, 2.05) is 53.4 Å². The van der Waals surface area contributed by atoms with Crippen LogP contribution in [0.4, 0.5) is 0 Å². The third-order valence-corrected chi connectivity index (χ3v) is 6.20. The highest BCUT2D eigenvalue weighted by Gasteiger charge is 2.32. The van der Waals surface area contributed by atoms with E-state index in [0.717, 1.165) is 52.4 Å². The van der Waals surface area contributed by atoms with Crippen molar-refractivity contribution < 1.29 is 14.3 Å². The zero-order chi connectivity index (χ0) is 20.2. The van der Waals surface area contributed by atoms with Crippen LogP contribution in [0, 0.1) is 0 Å². The molecule has 0 N–H and O–H groups in total. The number of carbonyl (C=O) groups excluding carboxylic acids is 1. The van der Waals surface area contributed by atoms with E-state index < -0.39 is 0 Å². The van der Waals surface area contributed by atoms with Gasteiger partial charge in [0.1, 0.15) is 11.5 Å². The smallest absolute Gasteiger partial charge is 0.233 e. The number of likely N-dealkylation sites (tertiary alicyclic amines) is 1. The lowest BCUT2D eigenvalue weighted by molar-refractivity contribution is -0.129. The summed E-state index contributed by atoms with van der Waals surface area (Å²) in [4.78, 5) is 19.6. The highest BCUT2D eigenvalue weighted by atomic mass is 32.2. The number of ether oxygens (including phenoxy) is 2. The number of hydrogen-bond acceptors (Lipinski definition) is 5. The quantitative estimate of drug-likeness (QED) is 0.553. The fraction of sp³-hybridized carbons (Fsp3) is 0.304. The summed E-state index contributed by atoms with van der Waals surface area (Å²) in [6, 6.07) is 17.8. The molecule has 5 nitrogen and oxygen atoms in total. The standard InChI is InChI=1S/C23H24N2O3S/c1-27-17-10-11-21(28-2)18(14-17)20-8-5-13-25(20)23(26)15-29-22-12-9-16-6-3-4-7-19(16)24-22/h3-4,6-7,9-12,14,20H,5,8,13,15H2,1-2H3/t20-/m0/s1. The summed E-state index contributed by atoms with van der Waals surface area (Å²) in [5.74, 6) is 2.06. The Morgan fingerprint density at radius 3 is 2.83 bits per heavy atom. The molecule has 2 heterocycles. The predicted molar refractivity (Wildman–Crippen MR) is 116 cm³/mol. The summed E-state index contributed by atoms with van der Waals surface area (Å²) < 4.78 is 10.9. The van der Waals surface area contributed by atoms with E-state index in [9.17, 15) is 4.79 Å². The van der Waals surface area contributed by atoms with E-state index in [-0.39, 0.29) is 11.9 Å². The molecule has 0 aliphatic carbocycles. The minimum absolute atomic E-state index is 0.0118.